The largest absolute Gasteiger partial charge is 0.492 e. The van der Waals surface area contributed by atoms with Crippen LogP contribution in [0.1, 0.15) is 23.6 Å². The Morgan fingerprint density at radius 2 is 1.65 bits per heavy atom. The normalized spacial score (nSPS) is 13.4. The van der Waals surface area contributed by atoms with Gasteiger partial charge in [0.05, 0.1) is 28.5 Å². The molecule has 0 aliphatic carbocycles. The third-order valence-electron chi connectivity index (χ3n) is 5.71. The summed E-state index contributed by atoms with van der Waals surface area (Å²) >= 11 is 0. The topological polar surface area (TPSA) is 102 Å². The zero-order chi connectivity index (χ0) is 24.4. The summed E-state index contributed by atoms with van der Waals surface area (Å²) in [6.45, 7) is 6.04. The van der Waals surface area contributed by atoms with Gasteiger partial charge in [0.15, 0.2) is 0 Å². The highest BCUT2D eigenvalue weighted by Crippen LogP contribution is 2.37. The molecule has 0 fully saturated rings. The van der Waals surface area contributed by atoms with E-state index in [2.05, 4.69) is 5.32 Å². The fraction of sp³-hybridized carbons (Fsp3) is 0.154. The van der Waals surface area contributed by atoms with Crippen LogP contribution in [-0.2, 0) is 9.59 Å². The van der Waals surface area contributed by atoms with Crippen molar-refractivity contribution in [2.75, 3.05) is 16.8 Å². The van der Waals surface area contributed by atoms with Crippen LogP contribution in [0.15, 0.2) is 72.4 Å². The quantitative estimate of drug-likeness (QED) is 0.304. The van der Waals surface area contributed by atoms with E-state index in [4.69, 9.17) is 4.74 Å². The Morgan fingerprint density at radius 3 is 2.32 bits per heavy atom. The Labute approximate surface area is 196 Å². The van der Waals surface area contributed by atoms with Gasteiger partial charge in [-0.15, -0.1) is 0 Å². The summed E-state index contributed by atoms with van der Waals surface area (Å²) in [5, 5.41) is 14.2. The van der Waals surface area contributed by atoms with E-state index in [0.29, 0.717) is 29.3 Å². The summed E-state index contributed by atoms with van der Waals surface area (Å²) in [7, 11) is 0. The van der Waals surface area contributed by atoms with Gasteiger partial charge in [0, 0.05) is 12.1 Å². The molecule has 1 aliphatic heterocycles. The maximum absolute atomic E-state index is 13.7. The molecule has 3 aromatic carbocycles. The summed E-state index contributed by atoms with van der Waals surface area (Å²) in [4.78, 5) is 39.0. The van der Waals surface area contributed by atoms with E-state index in [-0.39, 0.29) is 17.0 Å². The number of nitrogens with one attached hydrogen (secondary N) is 1. The molecule has 3 aromatic rings. The van der Waals surface area contributed by atoms with Crippen LogP contribution < -0.4 is 15.0 Å². The molecule has 0 saturated heterocycles. The Balaban J connectivity index is 1.86. The molecule has 0 spiro atoms. The second-order valence-electron chi connectivity index (χ2n) is 7.77. The average molecular weight is 457 g/mol. The summed E-state index contributed by atoms with van der Waals surface area (Å²) in [6, 6.07) is 18.1. The molecular weight excluding hydrogens is 434 g/mol. The number of ether oxygens (including phenoxy) is 1. The maximum atomic E-state index is 13.7. The standard InChI is InChI=1S/C26H23N3O5/c1-4-34-22-11-6-5-9-20(22)27-24-23(18-12-14-19(15-13-18)29(32)33)25(30)28(26(24)31)21-10-7-8-16(2)17(21)3/h5-15,27H,4H2,1-3H3. The number of carbonyl (C=O) groups excluding carboxylic acids is 2. The SMILES string of the molecule is CCOc1ccccc1NC1=C(c2ccc([N+](=O)[O-])cc2)C(=O)N(c2cccc(C)c2C)C1=O. The van der Waals surface area contributed by atoms with Gasteiger partial charge in [-0.25, -0.2) is 4.90 Å². The number of non-ortho nitro benzene ring substituents is 1. The number of benzene rings is 3. The Bertz CT molecular complexity index is 1330. The minimum Gasteiger partial charge on any atom is -0.492 e. The van der Waals surface area contributed by atoms with Gasteiger partial charge in [-0.3, -0.25) is 19.7 Å². The van der Waals surface area contributed by atoms with Gasteiger partial charge in [0.25, 0.3) is 17.5 Å². The molecule has 0 bridgehead atoms. The van der Waals surface area contributed by atoms with Crippen LogP contribution in [0, 0.1) is 24.0 Å². The molecule has 34 heavy (non-hydrogen) atoms. The smallest absolute Gasteiger partial charge is 0.282 e. The third kappa shape index (κ3) is 4.01. The number of carbonyl (C=O) groups is 2. The average Bonchev–Trinajstić information content (AvgIpc) is 3.06. The van der Waals surface area contributed by atoms with E-state index in [0.717, 1.165) is 16.0 Å². The molecule has 0 atom stereocenters. The first-order chi connectivity index (χ1) is 16.3. The van der Waals surface area contributed by atoms with E-state index < -0.39 is 16.7 Å². The molecule has 8 nitrogen and oxygen atoms in total. The fourth-order valence-electron chi connectivity index (χ4n) is 3.85. The van der Waals surface area contributed by atoms with Crippen LogP contribution >= 0.6 is 0 Å². The first kappa shape index (κ1) is 22.7. The number of nitrogens with zero attached hydrogens (tertiary/aromatic N) is 2. The van der Waals surface area contributed by atoms with Gasteiger partial charge in [0.1, 0.15) is 11.4 Å². The number of anilines is 2. The number of hydrogen-bond donors (Lipinski definition) is 1. The van der Waals surface area contributed by atoms with Gasteiger partial charge in [-0.1, -0.05) is 24.3 Å². The lowest BCUT2D eigenvalue weighted by atomic mass is 10.0. The molecule has 8 heteroatoms. The van der Waals surface area contributed by atoms with Gasteiger partial charge in [0.2, 0.25) is 0 Å². The first-order valence-electron chi connectivity index (χ1n) is 10.8. The second kappa shape index (κ2) is 9.19. The van der Waals surface area contributed by atoms with E-state index >= 15 is 0 Å². The van der Waals surface area contributed by atoms with Crippen LogP contribution in [0.3, 0.4) is 0 Å². The monoisotopic (exact) mass is 457 g/mol. The molecule has 0 radical (unpaired) electrons. The minimum absolute atomic E-state index is 0.0758. The number of amides is 2. The number of imide groups is 1. The summed E-state index contributed by atoms with van der Waals surface area (Å²) in [5.41, 5.74) is 3.27. The Morgan fingerprint density at radius 1 is 0.941 bits per heavy atom. The number of para-hydroxylation sites is 2. The molecule has 0 aromatic heterocycles. The fourth-order valence-corrected chi connectivity index (χ4v) is 3.85. The predicted octanol–water partition coefficient (Wildman–Crippen LogP) is 5.01. The zero-order valence-corrected chi connectivity index (χ0v) is 19.0. The zero-order valence-electron chi connectivity index (χ0n) is 19.0. The highest BCUT2D eigenvalue weighted by Gasteiger charge is 2.41. The lowest BCUT2D eigenvalue weighted by molar-refractivity contribution is -0.384. The van der Waals surface area contributed by atoms with Gasteiger partial charge in [-0.2, -0.15) is 0 Å². The predicted molar refractivity (Wildman–Crippen MR) is 130 cm³/mol. The molecule has 2 amide bonds. The molecule has 1 N–H and O–H groups in total. The van der Waals surface area contributed by atoms with Crippen LogP contribution in [0.4, 0.5) is 17.1 Å². The molecule has 0 saturated carbocycles. The van der Waals surface area contributed by atoms with Crippen molar-refractivity contribution in [1.82, 2.24) is 0 Å². The van der Waals surface area contributed by atoms with E-state index in [1.807, 2.05) is 32.9 Å². The van der Waals surface area contributed by atoms with Crippen LogP contribution in [0.25, 0.3) is 5.57 Å². The summed E-state index contributed by atoms with van der Waals surface area (Å²) < 4.78 is 5.67. The van der Waals surface area contributed by atoms with Gasteiger partial charge in [-0.05, 0) is 67.8 Å². The van der Waals surface area contributed by atoms with Gasteiger partial charge >= 0.3 is 0 Å². The van der Waals surface area contributed by atoms with Crippen molar-refractivity contribution in [2.45, 2.75) is 20.8 Å². The van der Waals surface area contributed by atoms with Crippen molar-refractivity contribution in [3.63, 3.8) is 0 Å². The van der Waals surface area contributed by atoms with E-state index in [1.54, 1.807) is 30.3 Å². The van der Waals surface area contributed by atoms with Gasteiger partial charge < -0.3 is 10.1 Å². The van der Waals surface area contributed by atoms with Crippen molar-refractivity contribution >= 4 is 34.4 Å². The second-order valence-corrected chi connectivity index (χ2v) is 7.77. The summed E-state index contributed by atoms with van der Waals surface area (Å²) in [6.07, 6.45) is 0. The number of nitro groups is 1. The maximum Gasteiger partial charge on any atom is 0.282 e. The molecule has 0 unspecified atom stereocenters. The lowest BCUT2D eigenvalue weighted by Gasteiger charge is -2.19. The van der Waals surface area contributed by atoms with Crippen molar-refractivity contribution in [3.8, 4) is 5.75 Å². The first-order valence-corrected chi connectivity index (χ1v) is 10.8. The van der Waals surface area contributed by atoms with Crippen LogP contribution in [0.5, 0.6) is 5.75 Å². The third-order valence-corrected chi connectivity index (χ3v) is 5.71. The molecule has 1 aliphatic rings. The molecule has 4 rings (SSSR count). The van der Waals surface area contributed by atoms with Crippen molar-refractivity contribution in [3.05, 3.63) is 99.2 Å². The lowest BCUT2D eigenvalue weighted by Crippen LogP contribution is -2.33. The summed E-state index contributed by atoms with van der Waals surface area (Å²) in [5.74, 6) is -0.492. The van der Waals surface area contributed by atoms with Crippen LogP contribution in [0.2, 0.25) is 0 Å². The molecule has 1 heterocycles. The minimum atomic E-state index is -0.515. The Kier molecular flexibility index (Phi) is 6.14. The molecular formula is C26H23N3O5. The number of hydrogen-bond acceptors (Lipinski definition) is 6. The van der Waals surface area contributed by atoms with E-state index in [1.165, 1.54) is 24.3 Å². The van der Waals surface area contributed by atoms with Crippen molar-refractivity contribution in [1.29, 1.82) is 0 Å². The highest BCUT2D eigenvalue weighted by molar-refractivity contribution is 6.46. The van der Waals surface area contributed by atoms with Crippen molar-refractivity contribution < 1.29 is 19.2 Å². The molecule has 172 valence electrons. The Hall–Kier alpha value is -4.46. The van der Waals surface area contributed by atoms with Crippen molar-refractivity contribution in [2.24, 2.45) is 0 Å². The highest BCUT2D eigenvalue weighted by atomic mass is 16.6. The van der Waals surface area contributed by atoms with E-state index in [9.17, 15) is 19.7 Å². The van der Waals surface area contributed by atoms with Crippen LogP contribution in [-0.4, -0.2) is 23.3 Å². The number of aryl methyl sites for hydroxylation is 1. The number of nitro benzene ring substituents is 1. The number of rotatable bonds is 7.